The highest BCUT2D eigenvalue weighted by molar-refractivity contribution is 7.10. The summed E-state index contributed by atoms with van der Waals surface area (Å²) in [6.45, 7) is 5.07. The van der Waals surface area contributed by atoms with Crippen LogP contribution in [0.2, 0.25) is 0 Å². The molecule has 0 spiro atoms. The maximum absolute atomic E-state index is 12.5. The fourth-order valence-corrected chi connectivity index (χ4v) is 4.45. The van der Waals surface area contributed by atoms with E-state index in [-0.39, 0.29) is 5.91 Å². The zero-order valence-electron chi connectivity index (χ0n) is 14.7. The van der Waals surface area contributed by atoms with E-state index in [1.807, 2.05) is 4.90 Å². The van der Waals surface area contributed by atoms with E-state index in [2.05, 4.69) is 34.0 Å². The number of thiophene rings is 1. The Morgan fingerprint density at radius 1 is 1.42 bits per heavy atom. The number of carbonyl (C=O) groups is 1. The van der Waals surface area contributed by atoms with Gasteiger partial charge < -0.3 is 15.5 Å². The average Bonchev–Trinajstić information content (AvgIpc) is 3.04. The minimum absolute atomic E-state index is 0.142. The van der Waals surface area contributed by atoms with E-state index in [9.17, 15) is 4.79 Å². The van der Waals surface area contributed by atoms with Crippen LogP contribution in [0.1, 0.15) is 43.0 Å². The van der Waals surface area contributed by atoms with E-state index in [1.54, 1.807) is 18.4 Å². The fourth-order valence-electron chi connectivity index (χ4n) is 3.56. The Morgan fingerprint density at radius 3 is 2.92 bits per heavy atom. The zero-order chi connectivity index (χ0) is 17.0. The zero-order valence-corrected chi connectivity index (χ0v) is 15.5. The predicted molar refractivity (Wildman–Crippen MR) is 99.4 cm³/mol. The Kier molecular flexibility index (Phi) is 5.43. The van der Waals surface area contributed by atoms with Crippen LogP contribution in [0, 0.1) is 5.41 Å². The Balaban J connectivity index is 1.45. The second kappa shape index (κ2) is 7.55. The number of aliphatic imine (C=N–C) groups is 1. The lowest BCUT2D eigenvalue weighted by atomic mass is 9.67. The van der Waals surface area contributed by atoms with Gasteiger partial charge in [0.15, 0.2) is 5.96 Å². The number of rotatable bonds is 5. The van der Waals surface area contributed by atoms with Gasteiger partial charge in [0.05, 0.1) is 6.54 Å². The van der Waals surface area contributed by atoms with Crippen molar-refractivity contribution < 1.29 is 4.79 Å². The molecule has 1 aliphatic carbocycles. The number of nitrogens with one attached hydrogen (secondary N) is 2. The molecule has 1 saturated carbocycles. The van der Waals surface area contributed by atoms with Crippen LogP contribution in [0.25, 0.3) is 0 Å². The maximum atomic E-state index is 12.5. The van der Waals surface area contributed by atoms with Gasteiger partial charge in [0.2, 0.25) is 5.91 Å². The van der Waals surface area contributed by atoms with Gasteiger partial charge in [-0.2, -0.15) is 0 Å². The highest BCUT2D eigenvalue weighted by Gasteiger charge is 2.35. The van der Waals surface area contributed by atoms with Crippen LogP contribution < -0.4 is 10.6 Å². The highest BCUT2D eigenvalue weighted by Crippen LogP contribution is 2.42. The second-order valence-corrected chi connectivity index (χ2v) is 7.92. The molecule has 2 heterocycles. The summed E-state index contributed by atoms with van der Waals surface area (Å²) in [4.78, 5) is 20.1. The van der Waals surface area contributed by atoms with E-state index in [0.29, 0.717) is 12.0 Å². The molecule has 24 heavy (non-hydrogen) atoms. The summed E-state index contributed by atoms with van der Waals surface area (Å²) in [6, 6.07) is 2.14. The topological polar surface area (TPSA) is 56.7 Å². The lowest BCUT2D eigenvalue weighted by Gasteiger charge is -2.41. The van der Waals surface area contributed by atoms with E-state index in [4.69, 9.17) is 0 Å². The number of hydrogen-bond donors (Lipinski definition) is 2. The number of fused-ring (bicyclic) bond motifs is 1. The Hall–Kier alpha value is -1.56. The van der Waals surface area contributed by atoms with E-state index >= 15 is 0 Å². The predicted octanol–water partition coefficient (Wildman–Crippen LogP) is 2.38. The van der Waals surface area contributed by atoms with Gasteiger partial charge in [-0.05, 0) is 48.1 Å². The van der Waals surface area contributed by atoms with E-state index < -0.39 is 0 Å². The normalized spacial score (nSPS) is 19.4. The first-order valence-electron chi connectivity index (χ1n) is 8.93. The molecule has 132 valence electrons. The molecule has 0 unspecified atom stereocenters. The van der Waals surface area contributed by atoms with Crippen molar-refractivity contribution in [2.24, 2.45) is 10.4 Å². The molecular weight excluding hydrogens is 320 g/mol. The number of carbonyl (C=O) groups excluding carboxylic acids is 1. The molecule has 0 atom stereocenters. The summed E-state index contributed by atoms with van der Waals surface area (Å²) < 4.78 is 0. The standard InChI is InChI=1S/C18H28N4OS/c1-3-18(7-4-8-18)13-21-17(19-2)20-11-16(23)22-9-5-15-14(12-22)6-10-24-15/h6,10H,3-5,7-9,11-13H2,1-2H3,(H2,19,20,21). The van der Waals surface area contributed by atoms with Gasteiger partial charge >= 0.3 is 0 Å². The summed E-state index contributed by atoms with van der Waals surface area (Å²) in [5, 5.41) is 8.70. The fraction of sp³-hybridized carbons (Fsp3) is 0.667. The summed E-state index contributed by atoms with van der Waals surface area (Å²) >= 11 is 1.80. The molecule has 3 rings (SSSR count). The van der Waals surface area contributed by atoms with Crippen molar-refractivity contribution >= 4 is 23.2 Å². The van der Waals surface area contributed by atoms with Crippen molar-refractivity contribution in [1.29, 1.82) is 0 Å². The first kappa shape index (κ1) is 17.3. The number of amides is 1. The van der Waals surface area contributed by atoms with Gasteiger partial charge in [0, 0.05) is 31.6 Å². The molecule has 1 fully saturated rings. The van der Waals surface area contributed by atoms with Gasteiger partial charge in [-0.1, -0.05) is 13.3 Å². The summed E-state index contributed by atoms with van der Waals surface area (Å²) in [6.07, 6.45) is 6.10. The van der Waals surface area contributed by atoms with Crippen molar-refractivity contribution in [1.82, 2.24) is 15.5 Å². The number of guanidine groups is 1. The first-order chi connectivity index (χ1) is 11.7. The smallest absolute Gasteiger partial charge is 0.242 e. The first-order valence-corrected chi connectivity index (χ1v) is 9.81. The third kappa shape index (κ3) is 3.74. The Labute approximate surface area is 148 Å². The van der Waals surface area contributed by atoms with Crippen LogP contribution in [-0.4, -0.2) is 43.4 Å². The van der Waals surface area contributed by atoms with E-state index in [1.165, 1.54) is 36.1 Å². The number of nitrogens with zero attached hydrogens (tertiary/aromatic N) is 2. The summed E-state index contributed by atoms with van der Waals surface area (Å²) in [5.74, 6) is 0.875. The number of hydrogen-bond acceptors (Lipinski definition) is 3. The van der Waals surface area contributed by atoms with Crippen LogP contribution in [0.3, 0.4) is 0 Å². The van der Waals surface area contributed by atoms with Gasteiger partial charge in [0.25, 0.3) is 0 Å². The van der Waals surface area contributed by atoms with Gasteiger partial charge in [-0.15, -0.1) is 11.3 Å². The summed E-state index contributed by atoms with van der Waals surface area (Å²) in [7, 11) is 1.76. The highest BCUT2D eigenvalue weighted by atomic mass is 32.1. The lowest BCUT2D eigenvalue weighted by molar-refractivity contribution is -0.130. The molecule has 2 aliphatic rings. The van der Waals surface area contributed by atoms with Crippen molar-refractivity contribution in [3.8, 4) is 0 Å². The lowest BCUT2D eigenvalue weighted by Crippen LogP contribution is -2.49. The molecule has 0 radical (unpaired) electrons. The molecule has 6 heteroatoms. The van der Waals surface area contributed by atoms with Crippen molar-refractivity contribution in [3.05, 3.63) is 21.9 Å². The van der Waals surface area contributed by atoms with Crippen LogP contribution in [0.5, 0.6) is 0 Å². The largest absolute Gasteiger partial charge is 0.356 e. The SMILES string of the molecule is CCC1(CNC(=NC)NCC(=O)N2CCc3sccc3C2)CCC1. The van der Waals surface area contributed by atoms with Crippen LogP contribution in [0.4, 0.5) is 0 Å². The molecular formula is C18H28N4OS. The molecule has 0 bridgehead atoms. The van der Waals surface area contributed by atoms with Gasteiger partial charge in [-0.25, -0.2) is 0 Å². The molecule has 0 saturated heterocycles. The minimum atomic E-state index is 0.142. The molecule has 1 aromatic heterocycles. The van der Waals surface area contributed by atoms with E-state index in [0.717, 1.165) is 32.0 Å². The molecule has 1 aliphatic heterocycles. The van der Waals surface area contributed by atoms with Crippen LogP contribution >= 0.6 is 11.3 Å². The average molecular weight is 349 g/mol. The van der Waals surface area contributed by atoms with Crippen molar-refractivity contribution in [2.45, 2.75) is 45.6 Å². The molecule has 0 aromatic carbocycles. The van der Waals surface area contributed by atoms with Gasteiger partial charge in [-0.3, -0.25) is 9.79 Å². The van der Waals surface area contributed by atoms with Crippen LogP contribution in [0.15, 0.2) is 16.4 Å². The molecule has 5 nitrogen and oxygen atoms in total. The van der Waals surface area contributed by atoms with Crippen molar-refractivity contribution in [3.63, 3.8) is 0 Å². The van der Waals surface area contributed by atoms with Crippen molar-refractivity contribution in [2.75, 3.05) is 26.7 Å². The molecule has 1 aromatic rings. The maximum Gasteiger partial charge on any atom is 0.242 e. The third-order valence-electron chi connectivity index (χ3n) is 5.59. The Morgan fingerprint density at radius 2 is 2.25 bits per heavy atom. The second-order valence-electron chi connectivity index (χ2n) is 6.92. The molecule has 2 N–H and O–H groups in total. The van der Waals surface area contributed by atoms with Crippen LogP contribution in [-0.2, 0) is 17.8 Å². The minimum Gasteiger partial charge on any atom is -0.356 e. The third-order valence-corrected chi connectivity index (χ3v) is 6.61. The summed E-state index contributed by atoms with van der Waals surface area (Å²) in [5.41, 5.74) is 1.74. The molecule has 1 amide bonds. The monoisotopic (exact) mass is 348 g/mol. The Bertz CT molecular complexity index is 600. The quantitative estimate of drug-likeness (QED) is 0.634. The van der Waals surface area contributed by atoms with Gasteiger partial charge in [0.1, 0.15) is 0 Å².